The van der Waals surface area contributed by atoms with Crippen molar-refractivity contribution in [2.45, 2.75) is 74.8 Å². The maximum atomic E-state index is 14.3. The van der Waals surface area contributed by atoms with Crippen LogP contribution in [0.25, 0.3) is 5.57 Å². The summed E-state index contributed by atoms with van der Waals surface area (Å²) in [7, 11) is 0. The molecule has 5 aliphatic rings. The van der Waals surface area contributed by atoms with E-state index in [0.29, 0.717) is 56.1 Å². The van der Waals surface area contributed by atoms with E-state index in [2.05, 4.69) is 22.4 Å². The summed E-state index contributed by atoms with van der Waals surface area (Å²) < 4.78 is 35.1. The van der Waals surface area contributed by atoms with Crippen LogP contribution in [0.4, 0.5) is 14.6 Å². The quantitative estimate of drug-likeness (QED) is 0.380. The van der Waals surface area contributed by atoms with Gasteiger partial charge in [0.2, 0.25) is 5.91 Å². The Morgan fingerprint density at radius 3 is 2.73 bits per heavy atom. The zero-order valence-corrected chi connectivity index (χ0v) is 26.0. The molecule has 0 unspecified atom stereocenters. The van der Waals surface area contributed by atoms with Crippen LogP contribution in [-0.4, -0.2) is 83.0 Å². The summed E-state index contributed by atoms with van der Waals surface area (Å²) in [6, 6.07) is 7.61. The number of nitriles is 1. The molecule has 1 spiro atoms. The number of alkyl halides is 2. The largest absolute Gasteiger partial charge is 0.461 e. The number of piperazine rings is 1. The molecule has 4 heterocycles. The molecule has 3 fully saturated rings. The zero-order valence-electron chi connectivity index (χ0n) is 25.3. The normalized spacial score (nSPS) is 25.1. The lowest BCUT2D eigenvalue weighted by molar-refractivity contribution is -0.128. The fourth-order valence-corrected chi connectivity index (χ4v) is 8.84. The number of hydrogen-bond acceptors (Lipinski definition) is 7. The molecule has 0 bridgehead atoms. The fraction of sp³-hybridized carbons (Fsp3) is 0.529. The highest BCUT2D eigenvalue weighted by atomic mass is 35.5. The minimum atomic E-state index is -2.64. The van der Waals surface area contributed by atoms with Gasteiger partial charge in [-0.2, -0.15) is 15.2 Å². The number of carbonyl (C=O) groups excluding carboxylic acids is 1. The highest BCUT2D eigenvalue weighted by Gasteiger charge is 2.47. The number of halogens is 3. The summed E-state index contributed by atoms with van der Waals surface area (Å²) >= 11 is 6.51. The molecule has 8 nitrogen and oxygen atoms in total. The Morgan fingerprint density at radius 1 is 1.20 bits per heavy atom. The van der Waals surface area contributed by atoms with Crippen molar-refractivity contribution < 1.29 is 18.3 Å². The topological polar surface area (TPSA) is 85.6 Å². The van der Waals surface area contributed by atoms with E-state index < -0.39 is 11.8 Å². The molecule has 0 N–H and O–H groups in total. The average molecular weight is 635 g/mol. The summed E-state index contributed by atoms with van der Waals surface area (Å²) in [5.41, 5.74) is 2.33. The Balaban J connectivity index is 1.27. The molecule has 45 heavy (non-hydrogen) atoms. The van der Waals surface area contributed by atoms with E-state index >= 15 is 0 Å². The van der Waals surface area contributed by atoms with Crippen molar-refractivity contribution in [2.75, 3.05) is 44.2 Å². The standard InChI is InChI=1S/C34H37ClF2N6O2/c1-2-28(44)43-17-16-41(20-22(43)9-13-38)31-23-8-12-33(18-24(30(36)37)29-25(33)6-3-7-26(29)35)19-27(23)39-32(40-31)45-21-34-10-4-14-42(34)15-5-11-34/h2-3,6-7,18,22,30H,1,4-5,8-12,14-17,19-21H2/t22-,33+/m0/s1. The van der Waals surface area contributed by atoms with Crippen LogP contribution in [0, 0.1) is 11.3 Å². The van der Waals surface area contributed by atoms with E-state index in [1.807, 2.05) is 12.1 Å². The second kappa shape index (κ2) is 11.7. The highest BCUT2D eigenvalue weighted by Crippen LogP contribution is 2.52. The number of rotatable bonds is 7. The van der Waals surface area contributed by atoms with Gasteiger partial charge in [0.1, 0.15) is 12.4 Å². The Kier molecular flexibility index (Phi) is 7.81. The van der Waals surface area contributed by atoms with Gasteiger partial charge in [0.25, 0.3) is 6.43 Å². The molecule has 0 saturated carbocycles. The molecule has 3 aliphatic heterocycles. The second-order valence-corrected chi connectivity index (χ2v) is 13.5. The molecule has 1 amide bonds. The van der Waals surface area contributed by atoms with Crippen LogP contribution in [-0.2, 0) is 23.1 Å². The first-order chi connectivity index (χ1) is 21.8. The van der Waals surface area contributed by atoms with E-state index in [1.54, 1.807) is 17.0 Å². The molecule has 2 aliphatic carbocycles. The zero-order chi connectivity index (χ0) is 31.3. The van der Waals surface area contributed by atoms with E-state index in [1.165, 1.54) is 6.08 Å². The van der Waals surface area contributed by atoms with Gasteiger partial charge in [0.05, 0.1) is 29.8 Å². The molecule has 1 aromatic heterocycles. The van der Waals surface area contributed by atoms with Crippen LogP contribution >= 0.6 is 11.6 Å². The van der Waals surface area contributed by atoms with Crippen molar-refractivity contribution in [1.82, 2.24) is 19.8 Å². The molecular weight excluding hydrogens is 598 g/mol. The number of allylic oxidation sites excluding steroid dienone is 2. The average Bonchev–Trinajstić information content (AvgIpc) is 3.71. The summed E-state index contributed by atoms with van der Waals surface area (Å²) in [6.07, 6.45) is 6.63. The van der Waals surface area contributed by atoms with Crippen molar-refractivity contribution in [3.05, 3.63) is 64.3 Å². The van der Waals surface area contributed by atoms with E-state index in [4.69, 9.17) is 26.3 Å². The number of aromatic nitrogens is 2. The predicted octanol–water partition coefficient (Wildman–Crippen LogP) is 5.34. The lowest BCUT2D eigenvalue weighted by atomic mass is 9.70. The Hall–Kier alpha value is -3.55. The third kappa shape index (κ3) is 5.08. The van der Waals surface area contributed by atoms with Gasteiger partial charge in [0, 0.05) is 53.2 Å². The molecule has 236 valence electrons. The first-order valence-corrected chi connectivity index (χ1v) is 16.3. The molecule has 0 radical (unpaired) electrons. The number of carbonyl (C=O) groups is 1. The van der Waals surface area contributed by atoms with Gasteiger partial charge in [-0.25, -0.2) is 8.78 Å². The van der Waals surface area contributed by atoms with E-state index in [0.717, 1.165) is 61.4 Å². The predicted molar refractivity (Wildman–Crippen MR) is 168 cm³/mol. The van der Waals surface area contributed by atoms with Gasteiger partial charge in [0.15, 0.2) is 0 Å². The molecular formula is C34H37ClF2N6O2. The number of amides is 1. The monoisotopic (exact) mass is 634 g/mol. The summed E-state index contributed by atoms with van der Waals surface area (Å²) in [5.74, 6) is 0.552. The van der Waals surface area contributed by atoms with Crippen molar-refractivity contribution in [2.24, 2.45) is 0 Å². The van der Waals surface area contributed by atoms with Crippen LogP contribution < -0.4 is 9.64 Å². The lowest BCUT2D eigenvalue weighted by Gasteiger charge is -2.42. The molecule has 2 atom stereocenters. The Labute approximate surface area is 267 Å². The first kappa shape index (κ1) is 30.1. The second-order valence-electron chi connectivity index (χ2n) is 13.1. The van der Waals surface area contributed by atoms with Crippen molar-refractivity contribution in [1.29, 1.82) is 5.26 Å². The smallest absolute Gasteiger partial charge is 0.318 e. The van der Waals surface area contributed by atoms with Crippen molar-refractivity contribution >= 4 is 28.9 Å². The minimum absolute atomic E-state index is 0.00522. The maximum Gasteiger partial charge on any atom is 0.318 e. The van der Waals surface area contributed by atoms with Gasteiger partial charge in [-0.15, -0.1) is 0 Å². The fourth-order valence-electron chi connectivity index (χ4n) is 8.56. The number of nitrogens with zero attached hydrogens (tertiary/aromatic N) is 6. The number of fused-ring (bicyclic) bond motifs is 4. The van der Waals surface area contributed by atoms with Gasteiger partial charge < -0.3 is 14.5 Å². The SMILES string of the molecule is C=CC(=O)N1CCN(c2nc(OCC34CCCN3CCC4)nc3c2CC[C@@]2(C=C(C(F)F)c4c(Cl)cccc42)C3)C[C@@H]1CC#N. The molecule has 1 aromatic carbocycles. The minimum Gasteiger partial charge on any atom is -0.461 e. The molecule has 3 saturated heterocycles. The Bertz CT molecular complexity index is 1600. The number of anilines is 1. The number of ether oxygens (including phenoxy) is 1. The number of benzene rings is 1. The molecule has 11 heteroatoms. The van der Waals surface area contributed by atoms with E-state index in [-0.39, 0.29) is 35.5 Å². The van der Waals surface area contributed by atoms with Crippen LogP contribution in [0.15, 0.2) is 36.9 Å². The van der Waals surface area contributed by atoms with Crippen LogP contribution in [0.3, 0.4) is 0 Å². The van der Waals surface area contributed by atoms with Gasteiger partial charge in [-0.3, -0.25) is 9.69 Å². The van der Waals surface area contributed by atoms with Crippen LogP contribution in [0.1, 0.15) is 60.9 Å². The highest BCUT2D eigenvalue weighted by molar-refractivity contribution is 6.32. The van der Waals surface area contributed by atoms with Crippen molar-refractivity contribution in [3.63, 3.8) is 0 Å². The molecule has 2 aromatic rings. The third-order valence-electron chi connectivity index (χ3n) is 10.7. The van der Waals surface area contributed by atoms with E-state index in [9.17, 15) is 18.8 Å². The summed E-state index contributed by atoms with van der Waals surface area (Å²) in [6.45, 7) is 7.70. The van der Waals surface area contributed by atoms with Gasteiger partial charge >= 0.3 is 6.01 Å². The van der Waals surface area contributed by atoms with Gasteiger partial charge in [-0.1, -0.05) is 36.4 Å². The van der Waals surface area contributed by atoms with Crippen LogP contribution in [0.5, 0.6) is 6.01 Å². The number of hydrogen-bond donors (Lipinski definition) is 0. The van der Waals surface area contributed by atoms with Gasteiger partial charge in [-0.05, 0) is 69.3 Å². The molecule has 7 rings (SSSR count). The van der Waals surface area contributed by atoms with Crippen molar-refractivity contribution in [3.8, 4) is 12.1 Å². The lowest BCUT2D eigenvalue weighted by Crippen LogP contribution is -2.55. The summed E-state index contributed by atoms with van der Waals surface area (Å²) in [4.78, 5) is 28.9. The van der Waals surface area contributed by atoms with Crippen LogP contribution in [0.2, 0.25) is 5.02 Å². The maximum absolute atomic E-state index is 14.3. The third-order valence-corrected chi connectivity index (χ3v) is 11.0. The Morgan fingerprint density at radius 2 is 2.00 bits per heavy atom. The summed E-state index contributed by atoms with van der Waals surface area (Å²) in [5, 5.41) is 9.89. The first-order valence-electron chi connectivity index (χ1n) is 15.9.